The number of nitrogens with zero attached hydrogens (tertiary/aromatic N) is 4. The summed E-state index contributed by atoms with van der Waals surface area (Å²) in [5.41, 5.74) is 17.8. The van der Waals surface area contributed by atoms with Crippen LogP contribution in [0.2, 0.25) is 5.15 Å². The van der Waals surface area contributed by atoms with Gasteiger partial charge in [-0.15, -0.1) is 0 Å². The lowest BCUT2D eigenvalue weighted by Gasteiger charge is -2.29. The summed E-state index contributed by atoms with van der Waals surface area (Å²) >= 11 is 5.80. The number of aliphatic imine (C=N–C) groups is 1. The number of halogens is 1. The Morgan fingerprint density at radius 2 is 1.71 bits per heavy atom. The summed E-state index contributed by atoms with van der Waals surface area (Å²) < 4.78 is 5.80. The maximum Gasteiger partial charge on any atom is 0.280 e. The summed E-state index contributed by atoms with van der Waals surface area (Å²) in [5.74, 6) is -1.28. The molecular weight excluding hydrogens is 668 g/mol. The van der Waals surface area contributed by atoms with E-state index < -0.39 is 54.9 Å². The highest BCUT2D eigenvalue weighted by Crippen LogP contribution is 2.17. The van der Waals surface area contributed by atoms with Crippen LogP contribution in [0.5, 0.6) is 5.75 Å². The fourth-order valence-electron chi connectivity index (χ4n) is 4.30. The van der Waals surface area contributed by atoms with Gasteiger partial charge >= 0.3 is 0 Å². The maximum absolute atomic E-state index is 12.3. The molecule has 19 heteroatoms. The van der Waals surface area contributed by atoms with E-state index >= 15 is 0 Å². The van der Waals surface area contributed by atoms with Crippen LogP contribution in [0.1, 0.15) is 35.8 Å². The van der Waals surface area contributed by atoms with Gasteiger partial charge in [-0.05, 0) is 50.0 Å². The molecule has 18 nitrogen and oxygen atoms in total. The molecule has 0 unspecified atom stereocenters. The highest BCUT2D eigenvalue weighted by atomic mass is 35.5. The Bertz CT molecular complexity index is 1390. The average Bonchev–Trinajstić information content (AvgIpc) is 3.05. The van der Waals surface area contributed by atoms with Crippen molar-refractivity contribution in [1.29, 1.82) is 0 Å². The third kappa shape index (κ3) is 14.3. The zero-order chi connectivity index (χ0) is 36.7. The monoisotopic (exact) mass is 714 g/mol. The standard InChI is InChI=1S/C30H47ClN8O10/c1-16(41)25(47)22(45)14-39(13-21(44)19(42)12-20(43)23(46)15-40)10-11-49-18-7-5-17(6-8-18)4-2-3-9-35-30(34)38-29(48)24-27(32)37-28(33)26(31)36-24/h5-8,12,16,20-23,25,40-47H,2-4,9-11,13-15H2,1H3,(H4,32,33,37)(H3,34,35,38,48)/t16-,20+,21+,22+,23-,25+/m1/s1. The first-order valence-electron chi connectivity index (χ1n) is 15.4. The second-order valence-corrected chi connectivity index (χ2v) is 11.6. The number of carbonyl (C=O) groups is 1. The second-order valence-electron chi connectivity index (χ2n) is 11.2. The molecule has 1 aromatic heterocycles. The number of guanidine groups is 1. The molecule has 1 amide bonds. The number of rotatable bonds is 20. The Kier molecular flexibility index (Phi) is 17.4. The van der Waals surface area contributed by atoms with E-state index in [1.165, 1.54) is 11.8 Å². The normalized spacial score (nSPS) is 16.1. The Hall–Kier alpha value is -3.85. The van der Waals surface area contributed by atoms with E-state index in [-0.39, 0.29) is 54.7 Å². The molecule has 0 saturated heterocycles. The van der Waals surface area contributed by atoms with E-state index in [1.807, 2.05) is 12.1 Å². The van der Waals surface area contributed by atoms with Gasteiger partial charge in [0.1, 0.15) is 42.5 Å². The van der Waals surface area contributed by atoms with Crippen molar-refractivity contribution in [2.24, 2.45) is 10.7 Å². The van der Waals surface area contributed by atoms with Crippen molar-refractivity contribution in [2.75, 3.05) is 50.9 Å². The molecule has 6 atom stereocenters. The first-order valence-corrected chi connectivity index (χ1v) is 15.7. The molecule has 49 heavy (non-hydrogen) atoms. The minimum Gasteiger partial charge on any atom is -0.510 e. The van der Waals surface area contributed by atoms with Crippen molar-refractivity contribution in [2.45, 2.75) is 62.8 Å². The highest BCUT2D eigenvalue weighted by Gasteiger charge is 2.26. The van der Waals surface area contributed by atoms with Crippen LogP contribution in [-0.4, -0.2) is 144 Å². The van der Waals surface area contributed by atoms with Crippen LogP contribution < -0.4 is 27.3 Å². The first-order chi connectivity index (χ1) is 23.1. The van der Waals surface area contributed by atoms with Crippen molar-refractivity contribution >= 4 is 35.1 Å². The molecule has 2 rings (SSSR count). The van der Waals surface area contributed by atoms with Gasteiger partial charge < -0.3 is 62.8 Å². The number of aryl methyl sites for hydroxylation is 1. The molecule has 2 aromatic rings. The third-order valence-electron chi connectivity index (χ3n) is 7.15. The Morgan fingerprint density at radius 1 is 1.04 bits per heavy atom. The Labute approximate surface area is 288 Å². The van der Waals surface area contributed by atoms with E-state index in [1.54, 1.807) is 12.1 Å². The number of aliphatic hydroxyl groups is 8. The van der Waals surface area contributed by atoms with Crippen LogP contribution in [0.4, 0.5) is 11.6 Å². The van der Waals surface area contributed by atoms with Crippen molar-refractivity contribution in [1.82, 2.24) is 20.2 Å². The van der Waals surface area contributed by atoms with Gasteiger partial charge in [-0.25, -0.2) is 9.97 Å². The predicted molar refractivity (Wildman–Crippen MR) is 181 cm³/mol. The van der Waals surface area contributed by atoms with Gasteiger partial charge in [-0.1, -0.05) is 23.7 Å². The average molecular weight is 715 g/mol. The summed E-state index contributed by atoms with van der Waals surface area (Å²) in [6.45, 7) is 0.630. The number of ether oxygens (including phenoxy) is 1. The molecule has 274 valence electrons. The van der Waals surface area contributed by atoms with Gasteiger partial charge in [0.25, 0.3) is 5.91 Å². The van der Waals surface area contributed by atoms with Crippen LogP contribution in [0.25, 0.3) is 0 Å². The van der Waals surface area contributed by atoms with E-state index in [4.69, 9.17) is 38.6 Å². The summed E-state index contributed by atoms with van der Waals surface area (Å²) in [7, 11) is 0. The van der Waals surface area contributed by atoms with Crippen LogP contribution in [-0.2, 0) is 6.42 Å². The fourth-order valence-corrected chi connectivity index (χ4v) is 4.43. The molecule has 0 aliphatic rings. The maximum atomic E-state index is 12.3. The molecule has 0 bridgehead atoms. The zero-order valence-corrected chi connectivity index (χ0v) is 27.8. The van der Waals surface area contributed by atoms with Gasteiger partial charge in [0.05, 0.1) is 18.8 Å². The van der Waals surface area contributed by atoms with Gasteiger partial charge in [0.15, 0.2) is 28.4 Å². The van der Waals surface area contributed by atoms with Crippen molar-refractivity contribution < 1.29 is 50.4 Å². The van der Waals surface area contributed by atoms with E-state index in [0.717, 1.165) is 24.5 Å². The number of nitrogens with one attached hydrogen (secondary N) is 1. The number of benzene rings is 1. The van der Waals surface area contributed by atoms with Gasteiger partial charge in [-0.2, -0.15) is 0 Å². The lowest BCUT2D eigenvalue weighted by Crippen LogP contribution is -2.47. The molecule has 1 heterocycles. The zero-order valence-electron chi connectivity index (χ0n) is 27.0. The van der Waals surface area contributed by atoms with E-state index in [2.05, 4.69) is 20.3 Å². The number of carbonyl (C=O) groups excluding carboxylic acids is 1. The Balaban J connectivity index is 1.85. The van der Waals surface area contributed by atoms with Crippen LogP contribution in [0.3, 0.4) is 0 Å². The topological polar surface area (TPSA) is 320 Å². The number of aliphatic hydroxyl groups excluding tert-OH is 8. The summed E-state index contributed by atoms with van der Waals surface area (Å²) in [4.78, 5) is 25.5. The Morgan fingerprint density at radius 3 is 2.35 bits per heavy atom. The summed E-state index contributed by atoms with van der Waals surface area (Å²) in [6, 6.07) is 7.31. The van der Waals surface area contributed by atoms with Crippen LogP contribution in [0, 0.1) is 0 Å². The third-order valence-corrected chi connectivity index (χ3v) is 7.42. The van der Waals surface area contributed by atoms with Crippen LogP contribution >= 0.6 is 11.6 Å². The van der Waals surface area contributed by atoms with Crippen LogP contribution in [0.15, 0.2) is 41.1 Å². The molecule has 0 saturated carbocycles. The summed E-state index contributed by atoms with van der Waals surface area (Å²) in [5, 5.41) is 81.0. The van der Waals surface area contributed by atoms with Crippen molar-refractivity contribution in [3.8, 4) is 5.75 Å². The SMILES string of the molecule is C[C@@H](O)[C@H](O)[C@@H](O)CN(CCOc1ccc(CCCCN=C(N)NC(=O)c2nc(Cl)c(N)nc2N)cc1)C[C@H](O)C(O)=C[C@H](O)[C@H](O)CO. The molecule has 0 fully saturated rings. The van der Waals surface area contributed by atoms with Gasteiger partial charge in [0.2, 0.25) is 0 Å². The predicted octanol–water partition coefficient (Wildman–Crippen LogP) is -2.34. The molecule has 0 aliphatic carbocycles. The van der Waals surface area contributed by atoms with Gasteiger partial charge in [-0.3, -0.25) is 20.0 Å². The molecule has 0 spiro atoms. The molecule has 0 aliphatic heterocycles. The van der Waals surface area contributed by atoms with E-state index in [9.17, 15) is 40.5 Å². The van der Waals surface area contributed by atoms with Gasteiger partial charge in [0, 0.05) is 26.2 Å². The summed E-state index contributed by atoms with van der Waals surface area (Å²) in [6.07, 6.45) is -5.88. The quantitative estimate of drug-likeness (QED) is 0.0296. The van der Waals surface area contributed by atoms with Crippen molar-refractivity contribution in [3.63, 3.8) is 0 Å². The molecule has 1 aromatic carbocycles. The molecule has 15 N–H and O–H groups in total. The first kappa shape index (κ1) is 41.3. The molecular formula is C30H47ClN8O10. The minimum atomic E-state index is -1.63. The lowest BCUT2D eigenvalue weighted by atomic mass is 10.1. The number of nitrogens with two attached hydrogens (primary N) is 3. The number of amides is 1. The van der Waals surface area contributed by atoms with E-state index in [0.29, 0.717) is 18.7 Å². The van der Waals surface area contributed by atoms with Crippen molar-refractivity contribution in [3.05, 3.63) is 52.5 Å². The lowest BCUT2D eigenvalue weighted by molar-refractivity contribution is -0.0659. The second kappa shape index (κ2) is 20.6. The molecule has 0 radical (unpaired) electrons. The number of unbranched alkanes of at least 4 members (excludes halogenated alkanes) is 1. The largest absolute Gasteiger partial charge is 0.510 e. The number of aromatic nitrogens is 2. The number of hydrogen-bond donors (Lipinski definition) is 12. The smallest absolute Gasteiger partial charge is 0.280 e. The number of anilines is 2. The fraction of sp³-hybridized carbons (Fsp3) is 0.533. The number of nitrogen functional groups attached to an aromatic ring is 2. The highest BCUT2D eigenvalue weighted by molar-refractivity contribution is 6.31. The minimum absolute atomic E-state index is 0.0837. The number of hydrogen-bond acceptors (Lipinski definition) is 16.